The highest BCUT2D eigenvalue weighted by Gasteiger charge is 2.19. The van der Waals surface area contributed by atoms with Crippen LogP contribution in [0.15, 0.2) is 54.7 Å². The van der Waals surface area contributed by atoms with Crippen LogP contribution in [0.5, 0.6) is 0 Å². The molecule has 3 heterocycles. The number of aromatic amines is 1. The molecule has 0 spiro atoms. The summed E-state index contributed by atoms with van der Waals surface area (Å²) in [6.45, 7) is 2.77. The highest BCUT2D eigenvalue weighted by atomic mass is 16.1. The maximum atomic E-state index is 11.9. The summed E-state index contributed by atoms with van der Waals surface area (Å²) in [5, 5.41) is 2.88. The van der Waals surface area contributed by atoms with Gasteiger partial charge < -0.3 is 10.3 Å². The summed E-state index contributed by atoms with van der Waals surface area (Å²) in [5.74, 6) is -0.00199. The molecule has 124 valence electrons. The lowest BCUT2D eigenvalue weighted by atomic mass is 10.1. The largest absolute Gasteiger partial charge is 0.358 e. The molecule has 4 nitrogen and oxygen atoms in total. The van der Waals surface area contributed by atoms with Crippen LogP contribution in [0.2, 0.25) is 0 Å². The van der Waals surface area contributed by atoms with Crippen LogP contribution in [0.3, 0.4) is 0 Å². The number of aromatic nitrogens is 2. The number of allylic oxidation sites excluding steroid dienone is 1. The van der Waals surface area contributed by atoms with Gasteiger partial charge in [0.1, 0.15) is 0 Å². The van der Waals surface area contributed by atoms with Gasteiger partial charge in [0.25, 0.3) is 5.91 Å². The number of benzene rings is 1. The Morgan fingerprint density at radius 2 is 2.00 bits per heavy atom. The van der Waals surface area contributed by atoms with E-state index in [0.717, 1.165) is 40.2 Å². The fraction of sp³-hybridized carbons (Fsp3) is 0.143. The minimum Gasteiger partial charge on any atom is -0.358 e. The quantitative estimate of drug-likeness (QED) is 0.765. The zero-order chi connectivity index (χ0) is 17.2. The first-order valence-electron chi connectivity index (χ1n) is 8.41. The molecule has 0 fully saturated rings. The van der Waals surface area contributed by atoms with Crippen molar-refractivity contribution in [3.05, 3.63) is 77.2 Å². The average molecular weight is 329 g/mol. The Morgan fingerprint density at radius 1 is 1.16 bits per heavy atom. The molecule has 0 radical (unpaired) electrons. The Morgan fingerprint density at radius 3 is 2.80 bits per heavy atom. The van der Waals surface area contributed by atoms with Crippen molar-refractivity contribution in [1.29, 1.82) is 0 Å². The van der Waals surface area contributed by atoms with Crippen LogP contribution in [0.1, 0.15) is 34.2 Å². The molecular weight excluding hydrogens is 310 g/mol. The molecular formula is C21H19N3O. The van der Waals surface area contributed by atoms with Gasteiger partial charge in [-0.25, -0.2) is 0 Å². The van der Waals surface area contributed by atoms with Gasteiger partial charge in [0.15, 0.2) is 0 Å². The molecule has 1 amide bonds. The molecule has 2 N–H and O–H groups in total. The van der Waals surface area contributed by atoms with E-state index in [9.17, 15) is 4.79 Å². The Balaban J connectivity index is 1.67. The fourth-order valence-corrected chi connectivity index (χ4v) is 3.15. The lowest BCUT2D eigenvalue weighted by Crippen LogP contribution is -2.31. The lowest BCUT2D eigenvalue weighted by Gasteiger charge is -2.10. The summed E-state index contributed by atoms with van der Waals surface area (Å²) in [5.41, 5.74) is 6.98. The topological polar surface area (TPSA) is 57.8 Å². The highest BCUT2D eigenvalue weighted by Crippen LogP contribution is 2.25. The average Bonchev–Trinajstić information content (AvgIpc) is 3.08. The molecule has 1 aliphatic rings. The minimum atomic E-state index is -0.00199. The highest BCUT2D eigenvalue weighted by molar-refractivity contribution is 5.97. The monoisotopic (exact) mass is 329 g/mol. The van der Waals surface area contributed by atoms with E-state index in [2.05, 4.69) is 40.4 Å². The van der Waals surface area contributed by atoms with Crippen molar-refractivity contribution < 1.29 is 4.79 Å². The van der Waals surface area contributed by atoms with E-state index in [4.69, 9.17) is 0 Å². The van der Waals surface area contributed by atoms with Crippen molar-refractivity contribution in [2.45, 2.75) is 13.3 Å². The molecule has 0 bridgehead atoms. The molecule has 3 aromatic rings. The first-order valence-corrected chi connectivity index (χ1v) is 8.41. The zero-order valence-electron chi connectivity index (χ0n) is 14.0. The van der Waals surface area contributed by atoms with Crippen molar-refractivity contribution in [2.24, 2.45) is 0 Å². The first-order chi connectivity index (χ1) is 12.2. The molecule has 2 aromatic heterocycles. The van der Waals surface area contributed by atoms with Gasteiger partial charge in [0.05, 0.1) is 11.3 Å². The molecule has 0 saturated carbocycles. The van der Waals surface area contributed by atoms with Crippen LogP contribution in [0.25, 0.3) is 22.9 Å². The first kappa shape index (κ1) is 15.4. The maximum absolute atomic E-state index is 11.9. The third kappa shape index (κ3) is 3.11. The number of amides is 1. The Hall–Kier alpha value is -3.14. The molecule has 4 heteroatoms. The minimum absolute atomic E-state index is 0.00199. The number of hydrogen-bond donors (Lipinski definition) is 2. The molecule has 1 aliphatic heterocycles. The molecule has 0 atom stereocenters. The molecule has 25 heavy (non-hydrogen) atoms. The number of pyridine rings is 1. The van der Waals surface area contributed by atoms with Gasteiger partial charge in [-0.05, 0) is 42.3 Å². The smallest absolute Gasteiger partial charge is 0.253 e. The Labute approximate surface area is 146 Å². The van der Waals surface area contributed by atoms with E-state index in [1.165, 1.54) is 5.56 Å². The number of carbonyl (C=O) groups is 1. The molecule has 4 rings (SSSR count). The van der Waals surface area contributed by atoms with E-state index < -0.39 is 0 Å². The van der Waals surface area contributed by atoms with Crippen LogP contribution in [-0.2, 0) is 6.42 Å². The van der Waals surface area contributed by atoms with E-state index in [0.29, 0.717) is 6.54 Å². The van der Waals surface area contributed by atoms with Crippen LogP contribution < -0.4 is 5.32 Å². The molecule has 0 unspecified atom stereocenters. The number of fused-ring (bicyclic) bond motifs is 1. The van der Waals surface area contributed by atoms with Crippen molar-refractivity contribution in [3.8, 4) is 11.3 Å². The summed E-state index contributed by atoms with van der Waals surface area (Å²) >= 11 is 0. The summed E-state index contributed by atoms with van der Waals surface area (Å²) in [6.07, 6.45) is 4.72. The predicted molar refractivity (Wildman–Crippen MR) is 100 cm³/mol. The summed E-state index contributed by atoms with van der Waals surface area (Å²) in [4.78, 5) is 19.8. The number of H-pyrrole nitrogens is 1. The number of rotatable bonds is 3. The van der Waals surface area contributed by atoms with Crippen LogP contribution in [0.4, 0.5) is 0 Å². The second kappa shape index (κ2) is 6.40. The van der Waals surface area contributed by atoms with E-state index >= 15 is 0 Å². The van der Waals surface area contributed by atoms with Gasteiger partial charge in [-0.2, -0.15) is 0 Å². The number of hydrogen-bond acceptors (Lipinski definition) is 2. The zero-order valence-corrected chi connectivity index (χ0v) is 14.0. The summed E-state index contributed by atoms with van der Waals surface area (Å²) in [7, 11) is 0. The second-order valence-corrected chi connectivity index (χ2v) is 6.24. The van der Waals surface area contributed by atoms with Crippen molar-refractivity contribution in [2.75, 3.05) is 6.54 Å². The van der Waals surface area contributed by atoms with E-state index in [1.54, 1.807) is 6.20 Å². The number of carbonyl (C=O) groups excluding carboxylic acids is 1. The van der Waals surface area contributed by atoms with Crippen molar-refractivity contribution >= 4 is 17.6 Å². The van der Waals surface area contributed by atoms with Crippen LogP contribution in [-0.4, -0.2) is 22.4 Å². The molecule has 1 aromatic carbocycles. The van der Waals surface area contributed by atoms with Gasteiger partial charge in [-0.1, -0.05) is 30.3 Å². The summed E-state index contributed by atoms with van der Waals surface area (Å²) < 4.78 is 0. The van der Waals surface area contributed by atoms with Gasteiger partial charge in [0, 0.05) is 36.1 Å². The van der Waals surface area contributed by atoms with E-state index in [1.807, 2.05) is 36.4 Å². The van der Waals surface area contributed by atoms with Crippen LogP contribution >= 0.6 is 0 Å². The van der Waals surface area contributed by atoms with Gasteiger partial charge >= 0.3 is 0 Å². The molecule has 0 aliphatic carbocycles. The van der Waals surface area contributed by atoms with Gasteiger partial charge in [-0.3, -0.25) is 9.78 Å². The predicted octanol–water partition coefficient (Wildman–Crippen LogP) is 3.92. The lowest BCUT2D eigenvalue weighted by molar-refractivity contribution is 0.0946. The fourth-order valence-electron chi connectivity index (χ4n) is 3.15. The number of nitrogens with zero attached hydrogens (tertiary/aromatic N) is 1. The van der Waals surface area contributed by atoms with Gasteiger partial charge in [0.2, 0.25) is 0 Å². The van der Waals surface area contributed by atoms with Crippen LogP contribution in [0, 0.1) is 0 Å². The second-order valence-electron chi connectivity index (χ2n) is 6.24. The number of nitrogens with one attached hydrogen (secondary N) is 2. The van der Waals surface area contributed by atoms with E-state index in [-0.39, 0.29) is 5.91 Å². The van der Waals surface area contributed by atoms with Crippen molar-refractivity contribution in [1.82, 2.24) is 15.3 Å². The normalized spacial score (nSPS) is 14.1. The Kier molecular flexibility index (Phi) is 3.94. The van der Waals surface area contributed by atoms with Gasteiger partial charge in [-0.15, -0.1) is 0 Å². The maximum Gasteiger partial charge on any atom is 0.253 e. The third-order valence-electron chi connectivity index (χ3n) is 4.49. The van der Waals surface area contributed by atoms with Crippen molar-refractivity contribution in [3.63, 3.8) is 0 Å². The SMILES string of the molecule is C/C(=C\c1cc(-c2cc3c([nH]2)CCNC3=O)ccn1)c1ccccc1. The standard InChI is InChI=1S/C21H19N3O/c1-14(15-5-3-2-4-6-15)11-17-12-16(7-9-22-17)20-13-18-19(24-20)8-10-23-21(18)25/h2-7,9,11-13,24H,8,10H2,1H3,(H,23,25)/b14-11+. The summed E-state index contributed by atoms with van der Waals surface area (Å²) in [6, 6.07) is 16.2. The Bertz CT molecular complexity index is 954. The molecule has 0 saturated heterocycles. The third-order valence-corrected chi connectivity index (χ3v) is 4.49.